The van der Waals surface area contributed by atoms with Crippen LogP contribution in [-0.4, -0.2) is 103 Å². The third kappa shape index (κ3) is 6.77. The van der Waals surface area contributed by atoms with Crippen molar-refractivity contribution in [3.8, 4) is 0 Å². The number of hydrogen-bond donors (Lipinski definition) is 5. The lowest BCUT2D eigenvalue weighted by atomic mass is 9.91. The summed E-state index contributed by atoms with van der Waals surface area (Å²) >= 11 is 0. The van der Waals surface area contributed by atoms with E-state index >= 15 is 0 Å². The number of fused-ring (bicyclic) bond motifs is 1. The van der Waals surface area contributed by atoms with E-state index in [0.717, 1.165) is 58.0 Å². The molecule has 2 amide bonds. The molecule has 5 atom stereocenters. The van der Waals surface area contributed by atoms with Crippen LogP contribution in [0, 0.1) is 5.92 Å². The van der Waals surface area contributed by atoms with Gasteiger partial charge in [0.25, 0.3) is 5.91 Å². The Labute approximate surface area is 245 Å². The van der Waals surface area contributed by atoms with Crippen LogP contribution < -0.4 is 16.4 Å². The maximum Gasteiger partial charge on any atom is 0.410 e. The molecule has 0 spiro atoms. The molecule has 4 aliphatic rings. The first-order chi connectivity index (χ1) is 20.4. The molecule has 2 unspecified atom stereocenters. The third-order valence-corrected chi connectivity index (χ3v) is 8.36. The Hall–Kier alpha value is -3.07. The molecule has 4 fully saturated rings. The molecule has 3 saturated heterocycles. The van der Waals surface area contributed by atoms with Gasteiger partial charge in [0.2, 0.25) is 0 Å². The zero-order chi connectivity index (χ0) is 29.8. The summed E-state index contributed by atoms with van der Waals surface area (Å²) in [6.07, 6.45) is 3.22. The molecule has 0 aromatic carbocycles. The van der Waals surface area contributed by atoms with Crippen LogP contribution in [0.5, 0.6) is 0 Å². The van der Waals surface area contributed by atoms with Gasteiger partial charge in [0.1, 0.15) is 29.7 Å². The maximum atomic E-state index is 12.5. The SMILES string of the molecule is CC.Nc1nc(CCCC2CCN(C(=O)OC3CCNC3)CC2)nc2c1ncn2[C@@H]1O[C@H](C(=O)NC2CC2)[C@H](O)C1O. The molecular weight excluding hydrogens is 544 g/mol. The van der Waals surface area contributed by atoms with Gasteiger partial charge in [-0.25, -0.2) is 19.7 Å². The highest BCUT2D eigenvalue weighted by molar-refractivity contribution is 5.83. The Morgan fingerprint density at radius 1 is 1.14 bits per heavy atom. The molecule has 14 nitrogen and oxygen atoms in total. The molecule has 6 N–H and O–H groups in total. The van der Waals surface area contributed by atoms with E-state index in [4.69, 9.17) is 15.2 Å². The first-order valence-electron chi connectivity index (χ1n) is 15.3. The van der Waals surface area contributed by atoms with Gasteiger partial charge in [0, 0.05) is 32.1 Å². The van der Waals surface area contributed by atoms with E-state index in [1.807, 2.05) is 18.7 Å². The second kappa shape index (κ2) is 13.5. The second-order valence-electron chi connectivity index (χ2n) is 11.4. The van der Waals surface area contributed by atoms with Crippen molar-refractivity contribution in [2.45, 2.75) is 102 Å². The molecule has 232 valence electrons. The Morgan fingerprint density at radius 3 is 2.60 bits per heavy atom. The molecule has 2 aromatic rings. The van der Waals surface area contributed by atoms with Gasteiger partial charge in [-0.3, -0.25) is 9.36 Å². The van der Waals surface area contributed by atoms with E-state index in [0.29, 0.717) is 42.4 Å². The van der Waals surface area contributed by atoms with E-state index in [2.05, 4.69) is 25.6 Å². The number of aliphatic hydroxyl groups excluding tert-OH is 2. The molecule has 14 heteroatoms. The number of piperidine rings is 1. The summed E-state index contributed by atoms with van der Waals surface area (Å²) < 4.78 is 12.9. The van der Waals surface area contributed by atoms with Gasteiger partial charge in [-0.05, 0) is 57.4 Å². The number of nitrogens with two attached hydrogens (primary N) is 1. The van der Waals surface area contributed by atoms with E-state index < -0.39 is 30.4 Å². The van der Waals surface area contributed by atoms with Crippen LogP contribution in [0.1, 0.15) is 70.8 Å². The minimum absolute atomic E-state index is 0.0203. The van der Waals surface area contributed by atoms with Crippen molar-refractivity contribution in [1.29, 1.82) is 0 Å². The number of hydrogen-bond acceptors (Lipinski definition) is 11. The lowest BCUT2D eigenvalue weighted by Gasteiger charge is -2.32. The number of rotatable bonds is 8. The summed E-state index contributed by atoms with van der Waals surface area (Å²) in [4.78, 5) is 40.1. The number of amides is 2. The zero-order valence-electron chi connectivity index (χ0n) is 24.4. The van der Waals surface area contributed by atoms with E-state index in [-0.39, 0.29) is 24.1 Å². The highest BCUT2D eigenvalue weighted by atomic mass is 16.6. The third-order valence-electron chi connectivity index (χ3n) is 8.36. The van der Waals surface area contributed by atoms with E-state index in [1.165, 1.54) is 10.9 Å². The van der Waals surface area contributed by atoms with Crippen LogP contribution in [0.3, 0.4) is 0 Å². The van der Waals surface area contributed by atoms with E-state index in [9.17, 15) is 19.8 Å². The Balaban J connectivity index is 0.00000173. The predicted octanol–water partition coefficient (Wildman–Crippen LogP) is 0.866. The molecular formula is C28H44N8O6. The largest absolute Gasteiger partial charge is 0.445 e. The fourth-order valence-electron chi connectivity index (χ4n) is 5.80. The number of carbonyl (C=O) groups excluding carboxylic acids is 2. The number of nitrogens with zero attached hydrogens (tertiary/aromatic N) is 5. The first-order valence-corrected chi connectivity index (χ1v) is 15.3. The standard InChI is InChI=1S/C26H38N8O6.C2H6/c27-22-18-23(34(13-29-18)25-20(36)19(35)21(40-25)24(37)30-15-4-5-15)32-17(31-22)3-1-2-14-7-10-33(11-8-14)26(38)39-16-6-9-28-12-16;1-2/h13-16,19-21,25,28,35-36H,1-12H2,(H,30,37)(H2,27,31,32);1-2H3/t16?,19-,20?,21+,25-;/m1./s1. The maximum absolute atomic E-state index is 12.5. The monoisotopic (exact) mass is 588 g/mol. The summed E-state index contributed by atoms with van der Waals surface area (Å²) in [5, 5.41) is 27.2. The number of carbonyl (C=O) groups is 2. The smallest absolute Gasteiger partial charge is 0.410 e. The van der Waals surface area contributed by atoms with Crippen molar-refractivity contribution in [3.63, 3.8) is 0 Å². The summed E-state index contributed by atoms with van der Waals surface area (Å²) in [6.45, 7) is 7.03. The highest BCUT2D eigenvalue weighted by Gasteiger charge is 2.48. The lowest BCUT2D eigenvalue weighted by molar-refractivity contribution is -0.137. The minimum Gasteiger partial charge on any atom is -0.445 e. The molecule has 5 heterocycles. The summed E-state index contributed by atoms with van der Waals surface area (Å²) in [6, 6.07) is 0.104. The molecule has 3 aliphatic heterocycles. The fourth-order valence-corrected chi connectivity index (χ4v) is 5.80. The minimum atomic E-state index is -1.38. The van der Waals surface area contributed by atoms with Crippen molar-refractivity contribution < 1.29 is 29.3 Å². The van der Waals surface area contributed by atoms with Gasteiger partial charge < -0.3 is 41.0 Å². The van der Waals surface area contributed by atoms with Gasteiger partial charge in [0.15, 0.2) is 23.8 Å². The lowest BCUT2D eigenvalue weighted by Crippen LogP contribution is -2.43. The molecule has 1 saturated carbocycles. The number of ether oxygens (including phenoxy) is 2. The van der Waals surface area contributed by atoms with Gasteiger partial charge >= 0.3 is 6.09 Å². The molecule has 0 radical (unpaired) electrons. The number of imidazole rings is 1. The quantitative estimate of drug-likeness (QED) is 0.294. The average molecular weight is 589 g/mol. The summed E-state index contributed by atoms with van der Waals surface area (Å²) in [5.41, 5.74) is 6.94. The fraction of sp³-hybridized carbons (Fsp3) is 0.750. The number of nitrogen functional groups attached to an aromatic ring is 1. The Morgan fingerprint density at radius 2 is 1.90 bits per heavy atom. The van der Waals surface area contributed by atoms with Crippen molar-refractivity contribution in [2.24, 2.45) is 5.92 Å². The van der Waals surface area contributed by atoms with Crippen LogP contribution in [0.25, 0.3) is 11.2 Å². The number of aromatic nitrogens is 4. The highest BCUT2D eigenvalue weighted by Crippen LogP contribution is 2.33. The van der Waals surface area contributed by atoms with Crippen molar-refractivity contribution in [2.75, 3.05) is 31.9 Å². The molecule has 42 heavy (non-hydrogen) atoms. The number of aliphatic hydroxyl groups is 2. The van der Waals surface area contributed by atoms with Crippen molar-refractivity contribution in [1.82, 2.24) is 35.1 Å². The van der Waals surface area contributed by atoms with Crippen molar-refractivity contribution in [3.05, 3.63) is 12.2 Å². The topological polar surface area (TPSA) is 190 Å². The Kier molecular flexibility index (Phi) is 9.76. The van der Waals surface area contributed by atoms with Crippen LogP contribution in [0.15, 0.2) is 6.33 Å². The molecule has 0 bridgehead atoms. The molecule has 6 rings (SSSR count). The number of likely N-dealkylation sites (tertiary alicyclic amines) is 1. The van der Waals surface area contributed by atoms with Crippen LogP contribution >= 0.6 is 0 Å². The van der Waals surface area contributed by atoms with Crippen LogP contribution in [0.2, 0.25) is 0 Å². The van der Waals surface area contributed by atoms with Crippen LogP contribution in [0.4, 0.5) is 10.6 Å². The van der Waals surface area contributed by atoms with E-state index in [1.54, 1.807) is 0 Å². The van der Waals surface area contributed by atoms with Crippen molar-refractivity contribution >= 4 is 29.0 Å². The average Bonchev–Trinajstić information content (AvgIpc) is 3.34. The number of nitrogens with one attached hydrogen (secondary N) is 2. The Bertz CT molecular complexity index is 1220. The van der Waals surface area contributed by atoms with Crippen LogP contribution in [-0.2, 0) is 20.7 Å². The van der Waals surface area contributed by atoms with Gasteiger partial charge in [-0.2, -0.15) is 0 Å². The van der Waals surface area contributed by atoms with Gasteiger partial charge in [-0.1, -0.05) is 13.8 Å². The summed E-state index contributed by atoms with van der Waals surface area (Å²) in [5.74, 6) is 0.837. The predicted molar refractivity (Wildman–Crippen MR) is 153 cm³/mol. The zero-order valence-corrected chi connectivity index (χ0v) is 24.4. The normalized spacial score (nSPS) is 28.0. The number of anilines is 1. The first kappa shape index (κ1) is 30.4. The molecule has 2 aromatic heterocycles. The summed E-state index contributed by atoms with van der Waals surface area (Å²) in [7, 11) is 0. The van der Waals surface area contributed by atoms with Gasteiger partial charge in [-0.15, -0.1) is 0 Å². The molecule has 1 aliphatic carbocycles. The number of aryl methyl sites for hydroxylation is 1. The second-order valence-corrected chi connectivity index (χ2v) is 11.4. The van der Waals surface area contributed by atoms with Gasteiger partial charge in [0.05, 0.1) is 6.33 Å².